The number of methoxy groups -OCH3 is 1. The van der Waals surface area contributed by atoms with Crippen LogP contribution in [0.2, 0.25) is 0 Å². The minimum atomic E-state index is -0.810. The van der Waals surface area contributed by atoms with Crippen LogP contribution in [0.4, 0.5) is 0 Å². The number of aliphatic hydroxyl groups is 1. The molecule has 106 valence electrons. The fraction of sp³-hybridized carbons (Fsp3) is 0.688. The van der Waals surface area contributed by atoms with Gasteiger partial charge in [-0.3, -0.25) is 4.98 Å². The Kier molecular flexibility index (Phi) is 4.81. The minimum Gasteiger partial charge on any atom is -0.495 e. The van der Waals surface area contributed by atoms with Gasteiger partial charge in [-0.2, -0.15) is 0 Å². The Labute approximate surface area is 116 Å². The Morgan fingerprint density at radius 1 is 1.42 bits per heavy atom. The summed E-state index contributed by atoms with van der Waals surface area (Å²) in [5.74, 6) is 1.47. The molecule has 0 aliphatic heterocycles. The molecule has 0 aromatic carbocycles. The first kappa shape index (κ1) is 14.3. The van der Waals surface area contributed by atoms with Gasteiger partial charge >= 0.3 is 0 Å². The topological polar surface area (TPSA) is 42.4 Å². The Balaban J connectivity index is 2.18. The second-order valence-corrected chi connectivity index (χ2v) is 5.67. The van der Waals surface area contributed by atoms with Crippen LogP contribution in [-0.2, 0) is 5.60 Å². The normalized spacial score (nSPS) is 27.8. The SMILES string of the molecule is CCCC1CCCC(O)(c2ncccc2OC)CC1. The van der Waals surface area contributed by atoms with Crippen LogP contribution < -0.4 is 4.74 Å². The first-order chi connectivity index (χ1) is 9.19. The van der Waals surface area contributed by atoms with Crippen molar-refractivity contribution in [1.29, 1.82) is 0 Å². The van der Waals surface area contributed by atoms with Crippen molar-refractivity contribution in [2.24, 2.45) is 5.92 Å². The fourth-order valence-corrected chi connectivity index (χ4v) is 3.23. The van der Waals surface area contributed by atoms with Gasteiger partial charge in [-0.25, -0.2) is 0 Å². The van der Waals surface area contributed by atoms with Crippen LogP contribution in [0, 0.1) is 5.92 Å². The minimum absolute atomic E-state index is 0.707. The van der Waals surface area contributed by atoms with Crippen molar-refractivity contribution in [3.8, 4) is 5.75 Å². The third kappa shape index (κ3) is 3.27. The number of ether oxygens (including phenoxy) is 1. The maximum absolute atomic E-state index is 11.0. The van der Waals surface area contributed by atoms with Crippen molar-refractivity contribution < 1.29 is 9.84 Å². The third-order valence-electron chi connectivity index (χ3n) is 4.30. The zero-order chi connectivity index (χ0) is 13.7. The van der Waals surface area contributed by atoms with Gasteiger partial charge in [0.1, 0.15) is 17.0 Å². The molecule has 1 aromatic heterocycles. The summed E-state index contributed by atoms with van der Waals surface area (Å²) in [6, 6.07) is 3.73. The predicted octanol–water partition coefficient (Wildman–Crippen LogP) is 3.66. The van der Waals surface area contributed by atoms with Crippen molar-refractivity contribution in [1.82, 2.24) is 4.98 Å². The van der Waals surface area contributed by atoms with E-state index in [0.717, 1.165) is 37.3 Å². The molecule has 3 nitrogen and oxygen atoms in total. The maximum Gasteiger partial charge on any atom is 0.143 e. The molecule has 2 atom stereocenters. The molecule has 19 heavy (non-hydrogen) atoms. The first-order valence-corrected chi connectivity index (χ1v) is 7.41. The number of hydrogen-bond acceptors (Lipinski definition) is 3. The van der Waals surface area contributed by atoms with E-state index < -0.39 is 5.60 Å². The summed E-state index contributed by atoms with van der Waals surface area (Å²) in [6.45, 7) is 2.23. The number of pyridine rings is 1. The summed E-state index contributed by atoms with van der Waals surface area (Å²) < 4.78 is 5.36. The lowest BCUT2D eigenvalue weighted by Gasteiger charge is -2.27. The van der Waals surface area contributed by atoms with E-state index in [4.69, 9.17) is 4.74 Å². The van der Waals surface area contributed by atoms with Gasteiger partial charge in [0.25, 0.3) is 0 Å². The van der Waals surface area contributed by atoms with Gasteiger partial charge in [0.15, 0.2) is 0 Å². The van der Waals surface area contributed by atoms with E-state index in [-0.39, 0.29) is 0 Å². The van der Waals surface area contributed by atoms with Gasteiger partial charge in [-0.05, 0) is 43.7 Å². The van der Waals surface area contributed by atoms with Crippen LogP contribution >= 0.6 is 0 Å². The molecule has 3 heteroatoms. The average molecular weight is 263 g/mol. The molecule has 0 spiro atoms. The van der Waals surface area contributed by atoms with Crippen molar-refractivity contribution in [2.75, 3.05) is 7.11 Å². The van der Waals surface area contributed by atoms with Crippen LogP contribution in [0.15, 0.2) is 18.3 Å². The molecular formula is C16H25NO2. The lowest BCUT2D eigenvalue weighted by molar-refractivity contribution is 0.0129. The number of aromatic nitrogens is 1. The van der Waals surface area contributed by atoms with Gasteiger partial charge in [0, 0.05) is 6.20 Å². The van der Waals surface area contributed by atoms with Crippen molar-refractivity contribution in [3.63, 3.8) is 0 Å². The second-order valence-electron chi connectivity index (χ2n) is 5.67. The smallest absolute Gasteiger partial charge is 0.143 e. The summed E-state index contributed by atoms with van der Waals surface area (Å²) in [6.07, 6.45) is 9.22. The van der Waals surface area contributed by atoms with Crippen LogP contribution in [0.3, 0.4) is 0 Å². The molecule has 0 amide bonds. The Bertz CT molecular complexity index is 407. The number of nitrogens with zero attached hydrogens (tertiary/aromatic N) is 1. The van der Waals surface area contributed by atoms with E-state index in [1.165, 1.54) is 19.3 Å². The molecular weight excluding hydrogens is 238 g/mol. The monoisotopic (exact) mass is 263 g/mol. The van der Waals surface area contributed by atoms with Crippen LogP contribution in [0.25, 0.3) is 0 Å². The van der Waals surface area contributed by atoms with E-state index in [0.29, 0.717) is 5.75 Å². The van der Waals surface area contributed by atoms with E-state index in [2.05, 4.69) is 11.9 Å². The van der Waals surface area contributed by atoms with E-state index in [1.54, 1.807) is 13.3 Å². The highest BCUT2D eigenvalue weighted by molar-refractivity contribution is 5.31. The molecule has 0 saturated heterocycles. The third-order valence-corrected chi connectivity index (χ3v) is 4.30. The number of hydrogen-bond donors (Lipinski definition) is 1. The summed E-state index contributed by atoms with van der Waals surface area (Å²) >= 11 is 0. The van der Waals surface area contributed by atoms with E-state index in [1.807, 2.05) is 12.1 Å². The molecule has 1 aliphatic carbocycles. The highest BCUT2D eigenvalue weighted by Crippen LogP contribution is 2.41. The molecule has 0 radical (unpaired) electrons. The van der Waals surface area contributed by atoms with Gasteiger partial charge in [0.05, 0.1) is 7.11 Å². The Hall–Kier alpha value is -1.09. The highest BCUT2D eigenvalue weighted by Gasteiger charge is 2.35. The van der Waals surface area contributed by atoms with Gasteiger partial charge in [-0.15, -0.1) is 0 Å². The molecule has 1 fully saturated rings. The zero-order valence-corrected chi connectivity index (χ0v) is 12.1. The van der Waals surface area contributed by atoms with Crippen LogP contribution in [-0.4, -0.2) is 17.2 Å². The van der Waals surface area contributed by atoms with Gasteiger partial charge in [0.2, 0.25) is 0 Å². The van der Waals surface area contributed by atoms with Crippen molar-refractivity contribution in [3.05, 3.63) is 24.0 Å². The fourth-order valence-electron chi connectivity index (χ4n) is 3.23. The average Bonchev–Trinajstić information content (AvgIpc) is 2.63. The lowest BCUT2D eigenvalue weighted by Crippen LogP contribution is -2.27. The first-order valence-electron chi connectivity index (χ1n) is 7.41. The molecule has 1 heterocycles. The standard InChI is InChI=1S/C16H25NO2/c1-3-6-13-7-4-10-16(18,11-9-13)15-14(19-2)8-5-12-17-15/h5,8,12-13,18H,3-4,6-7,9-11H2,1-2H3. The van der Waals surface area contributed by atoms with E-state index in [9.17, 15) is 5.11 Å². The van der Waals surface area contributed by atoms with Gasteiger partial charge < -0.3 is 9.84 Å². The van der Waals surface area contributed by atoms with Crippen LogP contribution in [0.1, 0.15) is 57.6 Å². The van der Waals surface area contributed by atoms with Crippen molar-refractivity contribution >= 4 is 0 Å². The summed E-state index contributed by atoms with van der Waals surface area (Å²) in [5.41, 5.74) is -0.0932. The molecule has 2 rings (SSSR count). The molecule has 1 N–H and O–H groups in total. The molecule has 0 bridgehead atoms. The quantitative estimate of drug-likeness (QED) is 0.843. The van der Waals surface area contributed by atoms with Crippen molar-refractivity contribution in [2.45, 2.75) is 57.5 Å². The van der Waals surface area contributed by atoms with Crippen LogP contribution in [0.5, 0.6) is 5.75 Å². The zero-order valence-electron chi connectivity index (χ0n) is 12.1. The lowest BCUT2D eigenvalue weighted by atomic mass is 9.88. The molecule has 1 saturated carbocycles. The number of rotatable bonds is 4. The maximum atomic E-state index is 11.0. The summed E-state index contributed by atoms with van der Waals surface area (Å²) in [5, 5.41) is 11.0. The predicted molar refractivity (Wildman–Crippen MR) is 76.2 cm³/mol. The Morgan fingerprint density at radius 3 is 3.00 bits per heavy atom. The summed E-state index contributed by atoms with van der Waals surface area (Å²) in [4.78, 5) is 4.38. The second kappa shape index (κ2) is 6.38. The molecule has 2 unspecified atom stereocenters. The van der Waals surface area contributed by atoms with Gasteiger partial charge in [-0.1, -0.05) is 26.2 Å². The summed E-state index contributed by atoms with van der Waals surface area (Å²) in [7, 11) is 1.64. The van der Waals surface area contributed by atoms with E-state index >= 15 is 0 Å². The molecule has 1 aliphatic rings. The largest absolute Gasteiger partial charge is 0.495 e. The molecule has 1 aromatic rings. The highest BCUT2D eigenvalue weighted by atomic mass is 16.5. The Morgan fingerprint density at radius 2 is 2.26 bits per heavy atom.